The molecule has 4 aliphatic rings. The van der Waals surface area contributed by atoms with Crippen LogP contribution in [0.5, 0.6) is 0 Å². The van der Waals surface area contributed by atoms with Gasteiger partial charge >= 0.3 is 12.4 Å². The molecule has 0 spiro atoms. The summed E-state index contributed by atoms with van der Waals surface area (Å²) >= 11 is 0. The van der Waals surface area contributed by atoms with Crippen LogP contribution >= 0.6 is 0 Å². The Hall–Kier alpha value is -2.52. The predicted molar refractivity (Wildman–Crippen MR) is 127 cm³/mol. The van der Waals surface area contributed by atoms with Crippen LogP contribution in [-0.2, 0) is 15.1 Å². The molecule has 6 atom stereocenters. The lowest BCUT2D eigenvalue weighted by Crippen LogP contribution is -2.65. The molecule has 2 N–H and O–H groups in total. The van der Waals surface area contributed by atoms with Gasteiger partial charge in [0.25, 0.3) is 5.54 Å². The largest absolute Gasteiger partial charge is 0.424 e. The average Bonchev–Trinajstić information content (AvgIpc) is 3.19. The van der Waals surface area contributed by atoms with E-state index in [1.54, 1.807) is 6.08 Å². The molecule has 1 saturated heterocycles. The van der Waals surface area contributed by atoms with Gasteiger partial charge in [-0.1, -0.05) is 50.3 Å². The maximum Gasteiger partial charge on any atom is 0.424 e. The van der Waals surface area contributed by atoms with E-state index in [1.165, 1.54) is 11.4 Å². The third-order valence-electron chi connectivity index (χ3n) is 10.3. The minimum Gasteiger partial charge on any atom is -0.353 e. The van der Waals surface area contributed by atoms with Gasteiger partial charge in [0.05, 0.1) is 0 Å². The lowest BCUT2D eigenvalue weighted by molar-refractivity contribution is -0.311. The van der Waals surface area contributed by atoms with Crippen molar-refractivity contribution >= 4 is 11.8 Å². The first-order valence-corrected chi connectivity index (χ1v) is 13.2. The van der Waals surface area contributed by atoms with E-state index >= 15 is 0 Å². The molecule has 1 aromatic rings. The van der Waals surface area contributed by atoms with Crippen molar-refractivity contribution in [1.82, 2.24) is 10.6 Å². The summed E-state index contributed by atoms with van der Waals surface area (Å²) in [6.07, 6.45) is -5.68. The van der Waals surface area contributed by atoms with Crippen molar-refractivity contribution in [2.75, 3.05) is 0 Å². The van der Waals surface area contributed by atoms with E-state index in [4.69, 9.17) is 0 Å². The summed E-state index contributed by atoms with van der Waals surface area (Å²) < 4.78 is 85.8. The summed E-state index contributed by atoms with van der Waals surface area (Å²) in [7, 11) is 0. The standard InChI is InChI=1S/C28H32F6N2O2/c1-24-14-12-19-17(8-11-21-25(19,2)15-13-22(37)35-21)18(24)9-10-20(24)23(38)36-26(27(29,30)31,28(32,33)34)16-6-4-3-5-7-16/h3-7,10,17-19,21H,8-9,11-15H2,1-2H3,(H,35,37)(H,36,38)/t17-,18-,19-,21+,24-,25+/m0/s1. The SMILES string of the molecule is C[C@]12CCC(=O)N[C@@H]1CC[C@@H]1[C@@H]2CC[C@]2(C)C(C(=O)NC(c3ccccc3)(C(F)(F)F)C(F)(F)F)=CC[C@@H]12. The zero-order chi connectivity index (χ0) is 27.7. The van der Waals surface area contributed by atoms with E-state index in [1.807, 2.05) is 6.92 Å². The molecule has 3 fully saturated rings. The fourth-order valence-electron chi connectivity index (χ4n) is 8.25. The van der Waals surface area contributed by atoms with Gasteiger partial charge in [0, 0.05) is 23.5 Å². The lowest BCUT2D eigenvalue weighted by Gasteiger charge is -2.60. The minimum absolute atomic E-state index is 0.0129. The van der Waals surface area contributed by atoms with Gasteiger partial charge in [-0.25, -0.2) is 0 Å². The topological polar surface area (TPSA) is 58.2 Å². The van der Waals surface area contributed by atoms with Crippen molar-refractivity contribution in [3.05, 3.63) is 47.5 Å². The maximum absolute atomic E-state index is 14.3. The number of amides is 2. The summed E-state index contributed by atoms with van der Waals surface area (Å²) in [5.41, 5.74) is -6.54. The molecule has 2 amide bonds. The second kappa shape index (κ2) is 8.74. The van der Waals surface area contributed by atoms with Crippen LogP contribution in [0.3, 0.4) is 0 Å². The molecule has 4 nitrogen and oxygen atoms in total. The Kier molecular flexibility index (Phi) is 6.23. The minimum atomic E-state index is -5.82. The van der Waals surface area contributed by atoms with Crippen LogP contribution in [0.15, 0.2) is 42.0 Å². The van der Waals surface area contributed by atoms with Crippen molar-refractivity contribution in [2.45, 2.75) is 82.7 Å². The molecule has 0 radical (unpaired) electrons. The van der Waals surface area contributed by atoms with Gasteiger partial charge in [0.2, 0.25) is 11.8 Å². The number of halogens is 6. The number of allylic oxidation sites excluding steroid dienone is 1. The van der Waals surface area contributed by atoms with Gasteiger partial charge < -0.3 is 10.6 Å². The Morgan fingerprint density at radius 3 is 2.24 bits per heavy atom. The lowest BCUT2D eigenvalue weighted by atomic mass is 9.47. The summed E-state index contributed by atoms with van der Waals surface area (Å²) in [6.45, 7) is 4.00. The highest BCUT2D eigenvalue weighted by molar-refractivity contribution is 5.96. The zero-order valence-corrected chi connectivity index (χ0v) is 21.3. The molecule has 38 heavy (non-hydrogen) atoms. The number of fused-ring (bicyclic) bond motifs is 5. The number of nitrogens with one attached hydrogen (secondary N) is 2. The van der Waals surface area contributed by atoms with Crippen molar-refractivity contribution in [1.29, 1.82) is 0 Å². The molecule has 2 saturated carbocycles. The molecule has 1 aromatic carbocycles. The number of carbonyl (C=O) groups excluding carboxylic acids is 2. The first kappa shape index (κ1) is 27.1. The van der Waals surface area contributed by atoms with Crippen molar-refractivity contribution in [2.24, 2.45) is 28.6 Å². The summed E-state index contributed by atoms with van der Waals surface area (Å²) in [5.74, 6) is -0.887. The zero-order valence-electron chi connectivity index (χ0n) is 21.3. The van der Waals surface area contributed by atoms with Crippen LogP contribution in [0.25, 0.3) is 0 Å². The maximum atomic E-state index is 14.3. The third-order valence-corrected chi connectivity index (χ3v) is 10.3. The smallest absolute Gasteiger partial charge is 0.353 e. The van der Waals surface area contributed by atoms with Crippen LogP contribution in [0.2, 0.25) is 0 Å². The normalized spacial score (nSPS) is 35.4. The predicted octanol–water partition coefficient (Wildman–Crippen LogP) is 6.18. The Balaban J connectivity index is 1.45. The molecular formula is C28H32F6N2O2. The van der Waals surface area contributed by atoms with Crippen molar-refractivity contribution in [3.63, 3.8) is 0 Å². The van der Waals surface area contributed by atoms with Crippen molar-refractivity contribution in [3.8, 4) is 0 Å². The quantitative estimate of drug-likeness (QED) is 0.448. The van der Waals surface area contributed by atoms with Crippen LogP contribution in [0, 0.1) is 28.6 Å². The fourth-order valence-corrected chi connectivity index (χ4v) is 8.25. The van der Waals surface area contributed by atoms with E-state index in [2.05, 4.69) is 12.2 Å². The molecule has 208 valence electrons. The Morgan fingerprint density at radius 1 is 0.947 bits per heavy atom. The first-order valence-electron chi connectivity index (χ1n) is 13.2. The summed E-state index contributed by atoms with van der Waals surface area (Å²) in [5, 5.41) is 4.58. The van der Waals surface area contributed by atoms with Gasteiger partial charge in [0.15, 0.2) is 0 Å². The highest BCUT2D eigenvalue weighted by atomic mass is 19.4. The van der Waals surface area contributed by atoms with Gasteiger partial charge in [-0.15, -0.1) is 0 Å². The fraction of sp³-hybridized carbons (Fsp3) is 0.643. The third kappa shape index (κ3) is 3.79. The van der Waals surface area contributed by atoms with Crippen LogP contribution in [0.1, 0.15) is 64.4 Å². The monoisotopic (exact) mass is 542 g/mol. The number of piperidine rings is 1. The van der Waals surface area contributed by atoms with E-state index < -0.39 is 34.8 Å². The van der Waals surface area contributed by atoms with E-state index in [9.17, 15) is 35.9 Å². The van der Waals surface area contributed by atoms with Crippen molar-refractivity contribution < 1.29 is 35.9 Å². The number of hydrogen-bond donors (Lipinski definition) is 2. The average molecular weight is 543 g/mol. The van der Waals surface area contributed by atoms with Crippen LogP contribution in [0.4, 0.5) is 26.3 Å². The Labute approximate surface area is 217 Å². The highest BCUT2D eigenvalue weighted by Gasteiger charge is 2.73. The molecular weight excluding hydrogens is 510 g/mol. The number of alkyl halides is 6. The molecule has 3 aliphatic carbocycles. The van der Waals surface area contributed by atoms with E-state index in [0.717, 1.165) is 43.5 Å². The number of benzene rings is 1. The molecule has 1 aliphatic heterocycles. The summed E-state index contributed by atoms with van der Waals surface area (Å²) in [4.78, 5) is 25.5. The number of rotatable bonds is 3. The van der Waals surface area contributed by atoms with Crippen LogP contribution < -0.4 is 10.6 Å². The van der Waals surface area contributed by atoms with Gasteiger partial charge in [-0.2, -0.15) is 26.3 Å². The molecule has 5 rings (SSSR count). The Bertz CT molecular complexity index is 1130. The Morgan fingerprint density at radius 2 is 1.61 bits per heavy atom. The van der Waals surface area contributed by atoms with E-state index in [0.29, 0.717) is 25.7 Å². The van der Waals surface area contributed by atoms with E-state index in [-0.39, 0.29) is 40.7 Å². The second-order valence-corrected chi connectivity index (χ2v) is 12.0. The number of hydrogen-bond acceptors (Lipinski definition) is 2. The highest BCUT2D eigenvalue weighted by Crippen LogP contribution is 2.64. The second-order valence-electron chi connectivity index (χ2n) is 12.0. The van der Waals surface area contributed by atoms with Gasteiger partial charge in [-0.05, 0) is 67.3 Å². The molecule has 0 bridgehead atoms. The van der Waals surface area contributed by atoms with Gasteiger partial charge in [0.1, 0.15) is 0 Å². The number of carbonyl (C=O) groups is 2. The molecule has 10 heteroatoms. The van der Waals surface area contributed by atoms with Gasteiger partial charge in [-0.3, -0.25) is 9.59 Å². The summed E-state index contributed by atoms with van der Waals surface area (Å²) in [6, 6.07) is 5.04. The molecule has 0 unspecified atom stereocenters. The van der Waals surface area contributed by atoms with Crippen LogP contribution in [-0.4, -0.2) is 30.2 Å². The first-order chi connectivity index (χ1) is 17.6. The molecule has 1 heterocycles. The molecule has 0 aromatic heterocycles.